The third-order valence-corrected chi connectivity index (χ3v) is 3.34. The molecule has 1 aromatic carbocycles. The Morgan fingerprint density at radius 2 is 2.00 bits per heavy atom. The molecule has 136 valence electrons. The van der Waals surface area contributed by atoms with Gasteiger partial charge in [-0.3, -0.25) is 0 Å². The molecule has 5 N–H and O–H groups in total. The fourth-order valence-electron chi connectivity index (χ4n) is 2.01. The van der Waals surface area contributed by atoms with Gasteiger partial charge in [-0.15, -0.1) is 10.2 Å². The van der Waals surface area contributed by atoms with E-state index in [1.165, 1.54) is 12.1 Å². The Morgan fingerprint density at radius 1 is 1.24 bits per heavy atom. The number of nitrogens with two attached hydrogens (primary N) is 1. The topological polar surface area (TPSA) is 105 Å². The Bertz CT molecular complexity index is 688. The lowest BCUT2D eigenvalue weighted by Gasteiger charge is -2.23. The summed E-state index contributed by atoms with van der Waals surface area (Å²) < 4.78 is 19.4. The quantitative estimate of drug-likeness (QED) is 0.445. The Hall–Kier alpha value is -2.29. The first-order valence-corrected chi connectivity index (χ1v) is 7.94. The predicted molar refractivity (Wildman–Crippen MR) is 94.5 cm³/mol. The Kier molecular flexibility index (Phi) is 6.24. The molecule has 2 aromatic rings. The van der Waals surface area contributed by atoms with Crippen LogP contribution in [0.4, 0.5) is 10.2 Å². The van der Waals surface area contributed by atoms with Gasteiger partial charge in [-0.25, -0.2) is 10.2 Å². The minimum Gasteiger partial charge on any atom is -0.488 e. The van der Waals surface area contributed by atoms with E-state index < -0.39 is 11.9 Å². The lowest BCUT2D eigenvalue weighted by Crippen LogP contribution is -2.42. The molecule has 2 rings (SSSR count). The van der Waals surface area contributed by atoms with Crippen molar-refractivity contribution in [3.63, 3.8) is 0 Å². The molecule has 7 nitrogen and oxygen atoms in total. The van der Waals surface area contributed by atoms with E-state index in [0.29, 0.717) is 23.6 Å². The standard InChI is InChI=1S/C17H24FN5O2/c1-17(2,3)20-9-12(24)10-25-15-8-11(4-5-13(15)18)14-6-7-16(21-19)23-22-14/h4-8,12,20,24H,9-10,19H2,1-3H3,(H,21,23). The Labute approximate surface area is 146 Å². The zero-order chi connectivity index (χ0) is 18.4. The largest absolute Gasteiger partial charge is 0.488 e. The molecule has 0 saturated heterocycles. The smallest absolute Gasteiger partial charge is 0.165 e. The molecule has 8 heteroatoms. The van der Waals surface area contributed by atoms with Gasteiger partial charge >= 0.3 is 0 Å². The van der Waals surface area contributed by atoms with E-state index >= 15 is 0 Å². The molecule has 0 fully saturated rings. The van der Waals surface area contributed by atoms with E-state index in [0.717, 1.165) is 0 Å². The van der Waals surface area contributed by atoms with E-state index in [1.54, 1.807) is 18.2 Å². The zero-order valence-electron chi connectivity index (χ0n) is 14.6. The molecule has 0 aliphatic heterocycles. The van der Waals surface area contributed by atoms with E-state index in [-0.39, 0.29) is 17.9 Å². The van der Waals surface area contributed by atoms with Gasteiger partial charge in [0.25, 0.3) is 0 Å². The number of hydrogen-bond acceptors (Lipinski definition) is 7. The number of nitrogens with one attached hydrogen (secondary N) is 2. The highest BCUT2D eigenvalue weighted by atomic mass is 19.1. The molecule has 0 aliphatic rings. The van der Waals surface area contributed by atoms with Crippen LogP contribution in [0.5, 0.6) is 5.75 Å². The molecular formula is C17H24FN5O2. The Morgan fingerprint density at radius 3 is 2.60 bits per heavy atom. The zero-order valence-corrected chi connectivity index (χ0v) is 14.6. The highest BCUT2D eigenvalue weighted by Gasteiger charge is 2.14. The predicted octanol–water partition coefficient (Wildman–Crippen LogP) is 1.70. The maximum atomic E-state index is 13.9. The minimum atomic E-state index is -0.753. The highest BCUT2D eigenvalue weighted by Crippen LogP contribution is 2.25. The van der Waals surface area contributed by atoms with Crippen molar-refractivity contribution in [2.75, 3.05) is 18.6 Å². The second-order valence-corrected chi connectivity index (χ2v) is 6.69. The summed E-state index contributed by atoms with van der Waals surface area (Å²) in [4.78, 5) is 0. The summed E-state index contributed by atoms with van der Waals surface area (Å²) in [5.74, 6) is 5.22. The summed E-state index contributed by atoms with van der Waals surface area (Å²) in [6.45, 7) is 6.32. The SMILES string of the molecule is CC(C)(C)NCC(O)COc1cc(-c2ccc(NN)nn2)ccc1F. The van der Waals surface area contributed by atoms with Crippen molar-refractivity contribution in [3.05, 3.63) is 36.1 Å². The van der Waals surface area contributed by atoms with Crippen molar-refractivity contribution in [1.82, 2.24) is 15.5 Å². The molecule has 1 atom stereocenters. The number of hydrazine groups is 1. The van der Waals surface area contributed by atoms with Gasteiger partial charge in [0, 0.05) is 17.6 Å². The maximum absolute atomic E-state index is 13.9. The fraction of sp³-hybridized carbons (Fsp3) is 0.412. The van der Waals surface area contributed by atoms with Gasteiger partial charge in [-0.2, -0.15) is 0 Å². The van der Waals surface area contributed by atoms with Crippen LogP contribution in [0.15, 0.2) is 30.3 Å². The number of benzene rings is 1. The van der Waals surface area contributed by atoms with Gasteiger partial charge in [0.05, 0.1) is 5.69 Å². The van der Waals surface area contributed by atoms with Crippen molar-refractivity contribution in [3.8, 4) is 17.0 Å². The van der Waals surface area contributed by atoms with Crippen molar-refractivity contribution in [1.29, 1.82) is 0 Å². The maximum Gasteiger partial charge on any atom is 0.165 e. The molecule has 1 unspecified atom stereocenters. The number of rotatable bonds is 7. The molecule has 0 bridgehead atoms. The van der Waals surface area contributed by atoms with Gasteiger partial charge in [-0.05, 0) is 51.1 Å². The third-order valence-electron chi connectivity index (χ3n) is 3.34. The van der Waals surface area contributed by atoms with Gasteiger partial charge in [0.15, 0.2) is 17.4 Å². The van der Waals surface area contributed by atoms with Crippen LogP contribution in [0, 0.1) is 5.82 Å². The number of aliphatic hydroxyl groups is 1. The van der Waals surface area contributed by atoms with Crippen LogP contribution < -0.4 is 21.3 Å². The third kappa shape index (κ3) is 5.93. The van der Waals surface area contributed by atoms with Gasteiger partial charge < -0.3 is 20.6 Å². The molecule has 0 saturated carbocycles. The van der Waals surface area contributed by atoms with Crippen LogP contribution in [0.2, 0.25) is 0 Å². The van der Waals surface area contributed by atoms with Crippen LogP contribution in [0.3, 0.4) is 0 Å². The highest BCUT2D eigenvalue weighted by molar-refractivity contribution is 5.61. The first-order chi connectivity index (χ1) is 11.8. The van der Waals surface area contributed by atoms with Crippen molar-refractivity contribution in [2.24, 2.45) is 5.84 Å². The van der Waals surface area contributed by atoms with E-state index in [9.17, 15) is 9.50 Å². The second kappa shape index (κ2) is 8.19. The van der Waals surface area contributed by atoms with Crippen LogP contribution in [0.1, 0.15) is 20.8 Å². The average Bonchev–Trinajstić information content (AvgIpc) is 2.59. The number of ether oxygens (including phenoxy) is 1. The normalized spacial score (nSPS) is 12.7. The molecule has 0 radical (unpaired) electrons. The van der Waals surface area contributed by atoms with Crippen LogP contribution in [-0.4, -0.2) is 40.1 Å². The second-order valence-electron chi connectivity index (χ2n) is 6.69. The van der Waals surface area contributed by atoms with Gasteiger partial charge in [-0.1, -0.05) is 0 Å². The number of hydrogen-bond donors (Lipinski definition) is 4. The average molecular weight is 349 g/mol. The number of nitrogen functional groups attached to an aromatic ring is 1. The molecule has 1 heterocycles. The van der Waals surface area contributed by atoms with Crippen molar-refractivity contribution < 1.29 is 14.2 Å². The summed E-state index contributed by atoms with van der Waals surface area (Å²) in [5, 5.41) is 21.0. The van der Waals surface area contributed by atoms with Crippen molar-refractivity contribution >= 4 is 5.82 Å². The molecule has 0 amide bonds. The van der Waals surface area contributed by atoms with E-state index in [1.807, 2.05) is 20.8 Å². The number of β-amino-alcohol motifs (C(OH)–C–C–N with tert-alkyl or cyclic N) is 1. The van der Waals surface area contributed by atoms with E-state index in [4.69, 9.17) is 10.6 Å². The first-order valence-electron chi connectivity index (χ1n) is 7.94. The minimum absolute atomic E-state index is 0.0227. The number of nitrogens with zero attached hydrogens (tertiary/aromatic N) is 2. The van der Waals surface area contributed by atoms with Crippen LogP contribution in [-0.2, 0) is 0 Å². The number of aliphatic hydroxyl groups excluding tert-OH is 1. The monoisotopic (exact) mass is 349 g/mol. The molecule has 0 aliphatic carbocycles. The van der Waals surface area contributed by atoms with Crippen LogP contribution >= 0.6 is 0 Å². The molecular weight excluding hydrogens is 325 g/mol. The van der Waals surface area contributed by atoms with Crippen LogP contribution in [0.25, 0.3) is 11.3 Å². The van der Waals surface area contributed by atoms with E-state index in [2.05, 4.69) is 20.9 Å². The van der Waals surface area contributed by atoms with Crippen molar-refractivity contribution in [2.45, 2.75) is 32.4 Å². The fourth-order valence-corrected chi connectivity index (χ4v) is 2.01. The number of halogens is 1. The van der Waals surface area contributed by atoms with Gasteiger partial charge in [0.1, 0.15) is 12.7 Å². The summed E-state index contributed by atoms with van der Waals surface area (Å²) in [5.41, 5.74) is 3.48. The summed E-state index contributed by atoms with van der Waals surface area (Å²) in [6, 6.07) is 7.77. The summed E-state index contributed by atoms with van der Waals surface area (Å²) in [6.07, 6.45) is -0.753. The summed E-state index contributed by atoms with van der Waals surface area (Å²) in [7, 11) is 0. The molecule has 0 spiro atoms. The molecule has 1 aromatic heterocycles. The first kappa shape index (κ1) is 19.0. The summed E-state index contributed by atoms with van der Waals surface area (Å²) >= 11 is 0. The number of aromatic nitrogens is 2. The lowest BCUT2D eigenvalue weighted by molar-refractivity contribution is 0.0980. The Balaban J connectivity index is 2.03. The molecule has 25 heavy (non-hydrogen) atoms. The lowest BCUT2D eigenvalue weighted by atomic mass is 10.1. The number of anilines is 1. The van der Waals surface area contributed by atoms with Gasteiger partial charge in [0.2, 0.25) is 0 Å².